The van der Waals surface area contributed by atoms with E-state index in [-0.39, 0.29) is 0 Å². The van der Waals surface area contributed by atoms with E-state index >= 15 is 0 Å². The smallest absolute Gasteiger partial charge is 0.372 e. The Balaban J connectivity index is 1.92. The molecule has 4 heteroatoms. The first-order valence-corrected chi connectivity index (χ1v) is 7.82. The van der Waals surface area contributed by atoms with E-state index in [4.69, 9.17) is 13.6 Å². The molecule has 0 saturated heterocycles. The van der Waals surface area contributed by atoms with E-state index in [2.05, 4.69) is 24.0 Å². The highest BCUT2D eigenvalue weighted by Crippen LogP contribution is 2.29. The molecule has 2 aromatic carbocycles. The zero-order valence-electron chi connectivity index (χ0n) is 13.8. The minimum Gasteiger partial charge on any atom is -0.497 e. The highest BCUT2D eigenvalue weighted by molar-refractivity contribution is 6.05. The Morgan fingerprint density at radius 1 is 0.875 bits per heavy atom. The first-order chi connectivity index (χ1) is 11.6. The third-order valence-corrected chi connectivity index (χ3v) is 4.10. The van der Waals surface area contributed by atoms with Gasteiger partial charge in [-0.2, -0.15) is 4.99 Å². The topological polar surface area (TPSA) is 49.5 Å². The third kappa shape index (κ3) is 2.46. The van der Waals surface area contributed by atoms with E-state index in [0.29, 0.717) is 5.55 Å². The van der Waals surface area contributed by atoms with E-state index in [0.717, 1.165) is 39.1 Å². The maximum Gasteiger partial charge on any atom is 0.372 e. The molecule has 0 atom stereocenters. The molecule has 0 amide bonds. The monoisotopic (exact) mass is 320 g/mol. The van der Waals surface area contributed by atoms with Crippen LogP contribution in [0.25, 0.3) is 21.9 Å². The molecule has 24 heavy (non-hydrogen) atoms. The molecular formula is C20H18NO3+. The molecule has 2 aromatic heterocycles. The van der Waals surface area contributed by atoms with Crippen molar-refractivity contribution in [3.05, 3.63) is 65.4 Å². The van der Waals surface area contributed by atoms with Gasteiger partial charge >= 0.3 is 5.55 Å². The molecule has 2 heterocycles. The van der Waals surface area contributed by atoms with Crippen LogP contribution in [0, 0.1) is 13.8 Å². The van der Waals surface area contributed by atoms with E-state index in [1.807, 2.05) is 43.3 Å². The van der Waals surface area contributed by atoms with Crippen molar-refractivity contribution < 1.29 is 18.6 Å². The van der Waals surface area contributed by atoms with Gasteiger partial charge in [-0.05, 0) is 37.6 Å². The van der Waals surface area contributed by atoms with Gasteiger partial charge in [0.2, 0.25) is 5.69 Å². The van der Waals surface area contributed by atoms with Gasteiger partial charge in [0.05, 0.1) is 13.2 Å². The molecule has 0 bridgehead atoms. The summed E-state index contributed by atoms with van der Waals surface area (Å²) in [6.07, 6.45) is 0. The van der Waals surface area contributed by atoms with Crippen molar-refractivity contribution in [1.82, 2.24) is 0 Å². The van der Waals surface area contributed by atoms with Crippen molar-refractivity contribution in [2.24, 2.45) is 0 Å². The highest BCUT2D eigenvalue weighted by Gasteiger charge is 2.13. The molecular weight excluding hydrogens is 302 g/mol. The predicted octanol–water partition coefficient (Wildman–Crippen LogP) is 3.12. The fourth-order valence-corrected chi connectivity index (χ4v) is 2.88. The van der Waals surface area contributed by atoms with Crippen LogP contribution in [0.5, 0.6) is 5.75 Å². The fraction of sp³-hybridized carbons (Fsp3) is 0.150. The maximum atomic E-state index is 5.96. The third-order valence-electron chi connectivity index (χ3n) is 4.10. The van der Waals surface area contributed by atoms with Gasteiger partial charge in [-0.3, -0.25) is 0 Å². The van der Waals surface area contributed by atoms with E-state index in [9.17, 15) is 0 Å². The summed E-state index contributed by atoms with van der Waals surface area (Å²) in [6, 6.07) is 15.9. The minimum atomic E-state index is 0.674. The number of furan rings is 1. The summed E-state index contributed by atoms with van der Waals surface area (Å²) in [5, 5.41) is 2.14. The summed E-state index contributed by atoms with van der Waals surface area (Å²) < 4.78 is 17.0. The lowest BCUT2D eigenvalue weighted by Gasteiger charge is -1.96. The van der Waals surface area contributed by atoms with Crippen LogP contribution in [-0.4, -0.2) is 7.11 Å². The summed E-state index contributed by atoms with van der Waals surface area (Å²) in [6.45, 7) is 3.97. The number of ether oxygens (including phenoxy) is 1. The highest BCUT2D eigenvalue weighted by atomic mass is 16.5. The quantitative estimate of drug-likeness (QED) is 0.617. The summed E-state index contributed by atoms with van der Waals surface area (Å²) in [7, 11) is 1.65. The van der Waals surface area contributed by atoms with Crippen LogP contribution < -0.4 is 15.3 Å². The van der Waals surface area contributed by atoms with Crippen molar-refractivity contribution in [3.63, 3.8) is 0 Å². The normalized spacial score (nSPS) is 12.2. The summed E-state index contributed by atoms with van der Waals surface area (Å²) in [5.41, 5.74) is 4.45. The number of hydrogen-bond donors (Lipinski definition) is 1. The Bertz CT molecular complexity index is 1100. The second-order valence-electron chi connectivity index (χ2n) is 5.86. The molecule has 0 radical (unpaired) electrons. The number of nitrogens with one attached hydrogen (secondary N) is 1. The average Bonchev–Trinajstić information content (AvgIpc) is 2.94. The largest absolute Gasteiger partial charge is 0.497 e. The molecule has 0 aliphatic heterocycles. The zero-order valence-corrected chi connectivity index (χ0v) is 13.8. The number of fused-ring (bicyclic) bond motifs is 3. The predicted molar refractivity (Wildman–Crippen MR) is 92.2 cm³/mol. The number of aryl methyl sites for hydroxylation is 2. The minimum absolute atomic E-state index is 0.674. The summed E-state index contributed by atoms with van der Waals surface area (Å²) in [4.78, 5) is 3.29. The Kier molecular flexibility index (Phi) is 3.38. The van der Waals surface area contributed by atoms with Crippen LogP contribution in [0.3, 0.4) is 0 Å². The van der Waals surface area contributed by atoms with Gasteiger partial charge in [0.25, 0.3) is 0 Å². The number of benzene rings is 2. The van der Waals surface area contributed by atoms with Crippen LogP contribution in [0.15, 0.2) is 57.4 Å². The molecule has 1 N–H and O–H groups in total. The van der Waals surface area contributed by atoms with Gasteiger partial charge < -0.3 is 13.6 Å². The summed E-state index contributed by atoms with van der Waals surface area (Å²) in [5.74, 6) is 1.57. The van der Waals surface area contributed by atoms with Crippen LogP contribution in [-0.2, 0) is 0 Å². The van der Waals surface area contributed by atoms with Gasteiger partial charge in [-0.25, -0.2) is 0 Å². The number of methoxy groups -OCH3 is 1. The van der Waals surface area contributed by atoms with Gasteiger partial charge in [0.1, 0.15) is 11.3 Å². The van der Waals surface area contributed by atoms with Crippen molar-refractivity contribution in [1.29, 1.82) is 0 Å². The molecule has 0 aliphatic carbocycles. The molecule has 0 unspecified atom stereocenters. The molecule has 4 rings (SSSR count). The van der Waals surface area contributed by atoms with Crippen molar-refractivity contribution in [2.75, 3.05) is 7.11 Å². The Labute approximate surface area is 139 Å². The number of rotatable bonds is 2. The second-order valence-corrected chi connectivity index (χ2v) is 5.86. The van der Waals surface area contributed by atoms with Crippen LogP contribution in [0.1, 0.15) is 11.3 Å². The molecule has 0 fully saturated rings. The van der Waals surface area contributed by atoms with Gasteiger partial charge in [-0.15, -0.1) is 0 Å². The summed E-state index contributed by atoms with van der Waals surface area (Å²) >= 11 is 0. The first-order valence-electron chi connectivity index (χ1n) is 7.82. The first kappa shape index (κ1) is 14.6. The zero-order chi connectivity index (χ0) is 16.7. The second kappa shape index (κ2) is 5.57. The standard InChI is InChI=1S/C20H17NO3/c1-12-4-9-16-17-11-19(21-14-5-7-15(22-3)8-6-14)23-13(2)20(17)24-18(16)10-12/h4-11H,1-3H3/p+1. The Morgan fingerprint density at radius 3 is 2.42 bits per heavy atom. The fourth-order valence-electron chi connectivity index (χ4n) is 2.88. The molecule has 4 aromatic rings. The Hall–Kier alpha value is -3.01. The maximum absolute atomic E-state index is 5.96. The lowest BCUT2D eigenvalue weighted by molar-refractivity contribution is -0.418. The Morgan fingerprint density at radius 2 is 1.67 bits per heavy atom. The van der Waals surface area contributed by atoms with Crippen molar-refractivity contribution >= 4 is 27.6 Å². The van der Waals surface area contributed by atoms with Crippen molar-refractivity contribution in [3.8, 4) is 5.75 Å². The van der Waals surface area contributed by atoms with Gasteiger partial charge in [-0.1, -0.05) is 12.1 Å². The van der Waals surface area contributed by atoms with E-state index in [1.165, 1.54) is 5.56 Å². The van der Waals surface area contributed by atoms with Crippen LogP contribution in [0.2, 0.25) is 0 Å². The van der Waals surface area contributed by atoms with E-state index in [1.54, 1.807) is 7.11 Å². The van der Waals surface area contributed by atoms with Crippen LogP contribution >= 0.6 is 0 Å². The molecule has 120 valence electrons. The van der Waals surface area contributed by atoms with Crippen LogP contribution in [0.4, 0.5) is 5.69 Å². The van der Waals surface area contributed by atoms with Crippen molar-refractivity contribution in [2.45, 2.75) is 13.8 Å². The molecule has 0 spiro atoms. The molecule has 4 nitrogen and oxygen atoms in total. The molecule has 0 aliphatic rings. The molecule has 0 saturated carbocycles. The number of hydrogen-bond acceptors (Lipinski definition) is 3. The lowest BCUT2D eigenvalue weighted by Crippen LogP contribution is -2.70. The van der Waals surface area contributed by atoms with Gasteiger partial charge in [0.15, 0.2) is 11.3 Å². The SMILES string of the molecule is COc1ccc([NH+]=c2cc3c(oc4cc(C)ccc43)c(C)o2)cc1. The van der Waals surface area contributed by atoms with E-state index < -0.39 is 0 Å². The average molecular weight is 320 g/mol. The van der Waals surface area contributed by atoms with Gasteiger partial charge in [0, 0.05) is 22.9 Å². The lowest BCUT2D eigenvalue weighted by atomic mass is 10.1.